The topological polar surface area (TPSA) is 65.9 Å². The minimum absolute atomic E-state index is 0.119. The number of hydrogen-bond donors (Lipinski definition) is 1. The van der Waals surface area contributed by atoms with Gasteiger partial charge in [-0.1, -0.05) is 0 Å². The highest BCUT2D eigenvalue weighted by atomic mass is 32.1. The molecule has 22 heavy (non-hydrogen) atoms. The average molecular weight is 325 g/mol. The van der Waals surface area contributed by atoms with Gasteiger partial charge in [0.25, 0.3) is 0 Å². The molecule has 2 aliphatic rings. The molecule has 0 saturated carbocycles. The molecule has 2 saturated heterocycles. The SMILES string of the molecule is O=C(Cc1cscn1)N1C[C@@H](CN2CCOCC2)[C@@H](CO)C1. The number of morpholine rings is 1. The van der Waals surface area contributed by atoms with Gasteiger partial charge in [0, 0.05) is 50.6 Å². The number of amides is 1. The molecule has 122 valence electrons. The van der Waals surface area contributed by atoms with Gasteiger partial charge in [-0.05, 0) is 5.92 Å². The minimum atomic E-state index is 0.119. The van der Waals surface area contributed by atoms with Gasteiger partial charge in [0.05, 0.1) is 30.8 Å². The van der Waals surface area contributed by atoms with Crippen molar-refractivity contribution in [3.05, 3.63) is 16.6 Å². The van der Waals surface area contributed by atoms with Gasteiger partial charge in [0.15, 0.2) is 0 Å². The number of nitrogens with zero attached hydrogens (tertiary/aromatic N) is 3. The molecule has 7 heteroatoms. The van der Waals surface area contributed by atoms with Crippen LogP contribution >= 0.6 is 11.3 Å². The lowest BCUT2D eigenvalue weighted by molar-refractivity contribution is -0.129. The molecule has 0 radical (unpaired) electrons. The van der Waals surface area contributed by atoms with Crippen molar-refractivity contribution >= 4 is 17.2 Å². The number of rotatable bonds is 5. The first kappa shape index (κ1) is 15.9. The predicted octanol–water partition coefficient (Wildman–Crippen LogP) is 0.0847. The second-order valence-corrected chi connectivity index (χ2v) is 6.79. The van der Waals surface area contributed by atoms with Crippen LogP contribution in [0.4, 0.5) is 0 Å². The van der Waals surface area contributed by atoms with Crippen molar-refractivity contribution in [1.29, 1.82) is 0 Å². The van der Waals surface area contributed by atoms with E-state index in [1.54, 1.807) is 5.51 Å². The third kappa shape index (κ3) is 3.84. The molecule has 6 nitrogen and oxygen atoms in total. The van der Waals surface area contributed by atoms with E-state index in [0.717, 1.165) is 45.1 Å². The van der Waals surface area contributed by atoms with Crippen molar-refractivity contribution in [3.8, 4) is 0 Å². The van der Waals surface area contributed by atoms with Crippen LogP contribution in [-0.2, 0) is 16.0 Å². The summed E-state index contributed by atoms with van der Waals surface area (Å²) in [5, 5.41) is 11.5. The van der Waals surface area contributed by atoms with E-state index < -0.39 is 0 Å². The van der Waals surface area contributed by atoms with Gasteiger partial charge in [-0.2, -0.15) is 0 Å². The van der Waals surface area contributed by atoms with Gasteiger partial charge in [0.2, 0.25) is 5.91 Å². The summed E-state index contributed by atoms with van der Waals surface area (Å²) in [6.07, 6.45) is 0.367. The zero-order chi connectivity index (χ0) is 15.4. The third-order valence-corrected chi connectivity index (χ3v) is 5.21. The number of aromatic nitrogens is 1. The van der Waals surface area contributed by atoms with E-state index >= 15 is 0 Å². The smallest absolute Gasteiger partial charge is 0.228 e. The summed E-state index contributed by atoms with van der Waals surface area (Å²) in [6, 6.07) is 0. The molecule has 3 heterocycles. The summed E-state index contributed by atoms with van der Waals surface area (Å²) < 4.78 is 5.37. The van der Waals surface area contributed by atoms with Crippen molar-refractivity contribution in [2.24, 2.45) is 11.8 Å². The van der Waals surface area contributed by atoms with Gasteiger partial charge in [0.1, 0.15) is 0 Å². The molecule has 1 N–H and O–H groups in total. The summed E-state index contributed by atoms with van der Waals surface area (Å²) in [6.45, 7) is 5.94. The van der Waals surface area contributed by atoms with E-state index in [1.807, 2.05) is 10.3 Å². The Morgan fingerprint density at radius 2 is 2.14 bits per heavy atom. The lowest BCUT2D eigenvalue weighted by Gasteiger charge is -2.30. The number of thiazole rings is 1. The molecule has 2 fully saturated rings. The summed E-state index contributed by atoms with van der Waals surface area (Å²) in [5.41, 5.74) is 2.59. The molecular formula is C15H23N3O3S. The maximum absolute atomic E-state index is 12.4. The van der Waals surface area contributed by atoms with Gasteiger partial charge in [-0.3, -0.25) is 9.69 Å². The minimum Gasteiger partial charge on any atom is -0.396 e. The van der Waals surface area contributed by atoms with E-state index in [-0.39, 0.29) is 18.4 Å². The Kier molecular flexibility index (Phi) is 5.41. The van der Waals surface area contributed by atoms with Gasteiger partial charge < -0.3 is 14.7 Å². The zero-order valence-electron chi connectivity index (χ0n) is 12.7. The Morgan fingerprint density at radius 1 is 1.36 bits per heavy atom. The van der Waals surface area contributed by atoms with E-state index in [1.165, 1.54) is 11.3 Å². The second kappa shape index (κ2) is 7.50. The lowest BCUT2D eigenvalue weighted by Crippen LogP contribution is -2.41. The van der Waals surface area contributed by atoms with E-state index in [0.29, 0.717) is 18.9 Å². The van der Waals surface area contributed by atoms with Crippen LogP contribution in [0.5, 0.6) is 0 Å². The van der Waals surface area contributed by atoms with Crippen LogP contribution in [0.2, 0.25) is 0 Å². The Hall–Kier alpha value is -1.02. The highest BCUT2D eigenvalue weighted by molar-refractivity contribution is 7.07. The lowest BCUT2D eigenvalue weighted by atomic mass is 9.96. The van der Waals surface area contributed by atoms with Gasteiger partial charge in [-0.15, -0.1) is 11.3 Å². The highest BCUT2D eigenvalue weighted by Crippen LogP contribution is 2.25. The summed E-state index contributed by atoms with van der Waals surface area (Å²) in [4.78, 5) is 20.8. The summed E-state index contributed by atoms with van der Waals surface area (Å²) in [7, 11) is 0. The van der Waals surface area contributed by atoms with Crippen LogP contribution in [0.25, 0.3) is 0 Å². The maximum Gasteiger partial charge on any atom is 0.228 e. The Labute approximate surface area is 134 Å². The number of carbonyl (C=O) groups excluding carboxylic acids is 1. The number of likely N-dealkylation sites (tertiary alicyclic amines) is 1. The first-order chi connectivity index (χ1) is 10.8. The molecule has 0 aliphatic carbocycles. The normalized spacial score (nSPS) is 26.5. The molecular weight excluding hydrogens is 302 g/mol. The molecule has 0 unspecified atom stereocenters. The Bertz CT molecular complexity index is 476. The van der Waals surface area contributed by atoms with Crippen molar-refractivity contribution in [2.45, 2.75) is 6.42 Å². The molecule has 2 atom stereocenters. The van der Waals surface area contributed by atoms with Crippen molar-refractivity contribution < 1.29 is 14.6 Å². The summed E-state index contributed by atoms with van der Waals surface area (Å²) in [5.74, 6) is 0.651. The largest absolute Gasteiger partial charge is 0.396 e. The summed E-state index contributed by atoms with van der Waals surface area (Å²) >= 11 is 1.51. The van der Waals surface area contributed by atoms with Gasteiger partial charge in [-0.25, -0.2) is 4.98 Å². The van der Waals surface area contributed by atoms with Crippen LogP contribution in [0.1, 0.15) is 5.69 Å². The standard InChI is InChI=1S/C15H23N3O3S/c19-9-13-8-18(15(20)5-14-10-22-11-16-14)7-12(13)6-17-1-3-21-4-2-17/h10-13,19H,1-9H2/t12-,13-/m1/s1. The van der Waals surface area contributed by atoms with Crippen LogP contribution in [-0.4, -0.2) is 78.3 Å². The van der Waals surface area contributed by atoms with Crippen LogP contribution in [0, 0.1) is 11.8 Å². The van der Waals surface area contributed by atoms with Crippen LogP contribution in [0.15, 0.2) is 10.9 Å². The van der Waals surface area contributed by atoms with Crippen molar-refractivity contribution in [3.63, 3.8) is 0 Å². The fraction of sp³-hybridized carbons (Fsp3) is 0.733. The average Bonchev–Trinajstić information content (AvgIpc) is 3.18. The molecule has 1 aromatic rings. The predicted molar refractivity (Wildman–Crippen MR) is 83.7 cm³/mol. The van der Waals surface area contributed by atoms with E-state index in [4.69, 9.17) is 4.74 Å². The highest BCUT2D eigenvalue weighted by Gasteiger charge is 2.35. The number of ether oxygens (including phenoxy) is 1. The fourth-order valence-electron chi connectivity index (χ4n) is 3.26. The molecule has 3 rings (SSSR count). The number of aliphatic hydroxyl groups is 1. The Morgan fingerprint density at radius 3 is 2.82 bits per heavy atom. The quantitative estimate of drug-likeness (QED) is 0.831. The number of aliphatic hydroxyl groups excluding tert-OH is 1. The first-order valence-corrected chi connectivity index (χ1v) is 8.76. The van der Waals surface area contributed by atoms with E-state index in [9.17, 15) is 9.90 Å². The number of carbonyl (C=O) groups is 1. The molecule has 0 aromatic carbocycles. The van der Waals surface area contributed by atoms with Crippen LogP contribution in [0.3, 0.4) is 0 Å². The van der Waals surface area contributed by atoms with Crippen LogP contribution < -0.4 is 0 Å². The van der Waals surface area contributed by atoms with Crippen molar-refractivity contribution in [2.75, 3.05) is 52.5 Å². The fourth-order valence-corrected chi connectivity index (χ4v) is 3.82. The first-order valence-electron chi connectivity index (χ1n) is 7.82. The van der Waals surface area contributed by atoms with Crippen molar-refractivity contribution in [1.82, 2.24) is 14.8 Å². The zero-order valence-corrected chi connectivity index (χ0v) is 13.5. The maximum atomic E-state index is 12.4. The van der Waals surface area contributed by atoms with Gasteiger partial charge >= 0.3 is 0 Å². The monoisotopic (exact) mass is 325 g/mol. The van der Waals surface area contributed by atoms with E-state index in [2.05, 4.69) is 9.88 Å². The third-order valence-electron chi connectivity index (χ3n) is 4.58. The molecule has 0 spiro atoms. The Balaban J connectivity index is 1.55. The molecule has 2 aliphatic heterocycles. The number of hydrogen-bond acceptors (Lipinski definition) is 6. The molecule has 1 amide bonds. The molecule has 1 aromatic heterocycles. The molecule has 0 bridgehead atoms. The second-order valence-electron chi connectivity index (χ2n) is 6.07.